The molecule has 0 spiro atoms. The average molecular weight is 549 g/mol. The summed E-state index contributed by atoms with van der Waals surface area (Å²) in [5.41, 5.74) is -0.558. The summed E-state index contributed by atoms with van der Waals surface area (Å²) in [6, 6.07) is 16.9. The van der Waals surface area contributed by atoms with Crippen LogP contribution in [0.1, 0.15) is 0 Å². The van der Waals surface area contributed by atoms with Crippen LogP contribution in [-0.2, 0) is 4.57 Å². The van der Waals surface area contributed by atoms with E-state index in [2.05, 4.69) is 5.09 Å². The second-order valence-electron chi connectivity index (χ2n) is 7.98. The number of hydrogen-bond donors (Lipinski definition) is 1. The van der Waals surface area contributed by atoms with E-state index >= 15 is 0 Å². The zero-order chi connectivity index (χ0) is 27.6. The molecular weight excluding hydrogens is 528 g/mol. The maximum Gasteiger partial charge on any atom is 0.228 e. The normalized spacial score (nSPS) is 12.5. The molecule has 4 rings (SSSR count). The Morgan fingerprint density at radius 2 is 1.16 bits per heavy atom. The fourth-order valence-corrected chi connectivity index (χ4v) is 6.34. The molecule has 0 saturated heterocycles. The van der Waals surface area contributed by atoms with Gasteiger partial charge in [-0.2, -0.15) is 0 Å². The standard InChI is InChI=1S/C27H21F5NO4P/c1-35-16-9-7-15(8-10-16)20-12-11-18(37-3)14-21(20)38(34,19-6-4-5-17(13-19)36-2)33-27-25(31)23(29)22(28)24(30)26(27)32/h4-14H,1-3H3,(H,33,34). The number of nitrogens with one attached hydrogen (secondary N) is 1. The minimum absolute atomic E-state index is 0.0146. The van der Waals surface area contributed by atoms with Crippen LogP contribution < -0.4 is 29.9 Å². The Balaban J connectivity index is 2.05. The molecule has 4 aromatic rings. The van der Waals surface area contributed by atoms with Gasteiger partial charge in [0.05, 0.1) is 21.3 Å². The van der Waals surface area contributed by atoms with Crippen molar-refractivity contribution in [2.24, 2.45) is 0 Å². The van der Waals surface area contributed by atoms with Crippen molar-refractivity contribution in [2.45, 2.75) is 0 Å². The Morgan fingerprint density at radius 1 is 0.632 bits per heavy atom. The number of halogens is 5. The van der Waals surface area contributed by atoms with Crippen LogP contribution in [0.2, 0.25) is 0 Å². The van der Waals surface area contributed by atoms with E-state index in [4.69, 9.17) is 14.2 Å². The first-order chi connectivity index (χ1) is 18.1. The van der Waals surface area contributed by atoms with E-state index < -0.39 is 42.1 Å². The molecule has 0 bridgehead atoms. The molecular formula is C27H21F5NO4P. The van der Waals surface area contributed by atoms with Crippen molar-refractivity contribution in [3.8, 4) is 28.4 Å². The van der Waals surface area contributed by atoms with Crippen LogP contribution in [0.4, 0.5) is 27.6 Å². The van der Waals surface area contributed by atoms with E-state index in [0.29, 0.717) is 16.9 Å². The molecule has 0 fully saturated rings. The SMILES string of the molecule is COc1ccc(-c2ccc(OC)cc2P(=O)(Nc2c(F)c(F)c(F)c(F)c2F)c2cccc(OC)c2)cc1. The third kappa shape index (κ3) is 4.79. The maximum atomic E-state index is 14.9. The molecule has 1 unspecified atom stereocenters. The summed E-state index contributed by atoms with van der Waals surface area (Å²) < 4.78 is 102. The molecule has 0 aliphatic carbocycles. The molecule has 1 N–H and O–H groups in total. The second-order valence-corrected chi connectivity index (χ2v) is 10.4. The topological polar surface area (TPSA) is 56.8 Å². The first kappa shape index (κ1) is 27.0. The zero-order valence-electron chi connectivity index (χ0n) is 20.3. The third-order valence-corrected chi connectivity index (χ3v) is 8.43. The second kappa shape index (κ2) is 10.8. The van der Waals surface area contributed by atoms with E-state index in [1.807, 2.05) is 0 Å². The van der Waals surface area contributed by atoms with Crippen molar-refractivity contribution in [1.29, 1.82) is 0 Å². The van der Waals surface area contributed by atoms with E-state index in [-0.39, 0.29) is 22.1 Å². The highest BCUT2D eigenvalue weighted by Gasteiger charge is 2.36. The Labute approximate surface area is 215 Å². The van der Waals surface area contributed by atoms with E-state index in [9.17, 15) is 26.5 Å². The molecule has 0 aromatic heterocycles. The van der Waals surface area contributed by atoms with Crippen LogP contribution >= 0.6 is 7.29 Å². The van der Waals surface area contributed by atoms with E-state index in [1.54, 1.807) is 42.5 Å². The lowest BCUT2D eigenvalue weighted by molar-refractivity contribution is 0.382. The fraction of sp³-hybridized carbons (Fsp3) is 0.111. The van der Waals surface area contributed by atoms with Gasteiger partial charge in [-0.05, 0) is 59.7 Å². The van der Waals surface area contributed by atoms with Gasteiger partial charge in [0.2, 0.25) is 13.1 Å². The molecule has 0 saturated carbocycles. The Kier molecular flexibility index (Phi) is 7.64. The first-order valence-electron chi connectivity index (χ1n) is 11.0. The van der Waals surface area contributed by atoms with Gasteiger partial charge in [0, 0.05) is 10.6 Å². The maximum absolute atomic E-state index is 14.9. The van der Waals surface area contributed by atoms with Crippen LogP contribution in [0.5, 0.6) is 17.2 Å². The molecule has 1 atom stereocenters. The zero-order valence-corrected chi connectivity index (χ0v) is 21.2. The van der Waals surface area contributed by atoms with Gasteiger partial charge >= 0.3 is 0 Å². The molecule has 0 heterocycles. The van der Waals surface area contributed by atoms with Crippen LogP contribution in [0.25, 0.3) is 11.1 Å². The lowest BCUT2D eigenvalue weighted by Crippen LogP contribution is -2.25. The molecule has 198 valence electrons. The molecule has 4 aromatic carbocycles. The van der Waals surface area contributed by atoms with Gasteiger partial charge in [-0.1, -0.05) is 18.2 Å². The predicted octanol–water partition coefficient (Wildman–Crippen LogP) is 6.42. The molecule has 0 radical (unpaired) electrons. The Hall–Kier alpha value is -4.04. The number of benzene rings is 4. The third-order valence-electron chi connectivity index (χ3n) is 5.84. The molecule has 0 amide bonds. The van der Waals surface area contributed by atoms with Crippen molar-refractivity contribution < 1.29 is 40.7 Å². The first-order valence-corrected chi connectivity index (χ1v) is 12.7. The minimum atomic E-state index is -4.43. The number of rotatable bonds is 8. The summed E-state index contributed by atoms with van der Waals surface area (Å²) in [5, 5.41) is 2.15. The largest absolute Gasteiger partial charge is 0.497 e. The number of hydrogen-bond acceptors (Lipinski definition) is 4. The highest BCUT2D eigenvalue weighted by Crippen LogP contribution is 2.49. The summed E-state index contributed by atoms with van der Waals surface area (Å²) in [7, 11) is -0.231. The smallest absolute Gasteiger partial charge is 0.228 e. The molecule has 5 nitrogen and oxygen atoms in total. The summed E-state index contributed by atoms with van der Waals surface area (Å²) in [6.45, 7) is 0. The fourth-order valence-electron chi connectivity index (χ4n) is 3.84. The summed E-state index contributed by atoms with van der Waals surface area (Å²) in [4.78, 5) is 0. The lowest BCUT2D eigenvalue weighted by Gasteiger charge is -2.25. The lowest BCUT2D eigenvalue weighted by atomic mass is 10.1. The van der Waals surface area contributed by atoms with Gasteiger partial charge in [0.1, 0.15) is 22.9 Å². The highest BCUT2D eigenvalue weighted by atomic mass is 31.2. The predicted molar refractivity (Wildman–Crippen MR) is 135 cm³/mol. The van der Waals surface area contributed by atoms with Crippen molar-refractivity contribution >= 4 is 23.6 Å². The molecule has 0 aliphatic rings. The van der Waals surface area contributed by atoms with Gasteiger partial charge < -0.3 is 19.3 Å². The monoisotopic (exact) mass is 549 g/mol. The van der Waals surface area contributed by atoms with Crippen molar-refractivity contribution in [3.63, 3.8) is 0 Å². The average Bonchev–Trinajstić information content (AvgIpc) is 2.96. The quantitative estimate of drug-likeness (QED) is 0.119. The van der Waals surface area contributed by atoms with Gasteiger partial charge in [0.15, 0.2) is 23.3 Å². The van der Waals surface area contributed by atoms with Crippen LogP contribution in [-0.4, -0.2) is 21.3 Å². The van der Waals surface area contributed by atoms with Crippen LogP contribution in [0.3, 0.4) is 0 Å². The van der Waals surface area contributed by atoms with Gasteiger partial charge in [-0.15, -0.1) is 0 Å². The van der Waals surface area contributed by atoms with Crippen molar-refractivity contribution in [1.82, 2.24) is 0 Å². The van der Waals surface area contributed by atoms with E-state index in [0.717, 1.165) is 0 Å². The van der Waals surface area contributed by atoms with E-state index in [1.165, 1.54) is 45.6 Å². The summed E-state index contributed by atoms with van der Waals surface area (Å²) in [6.07, 6.45) is 0. The molecule has 0 aliphatic heterocycles. The molecule has 11 heteroatoms. The van der Waals surface area contributed by atoms with Gasteiger partial charge in [-0.3, -0.25) is 4.57 Å². The minimum Gasteiger partial charge on any atom is -0.497 e. The van der Waals surface area contributed by atoms with Gasteiger partial charge in [-0.25, -0.2) is 22.0 Å². The van der Waals surface area contributed by atoms with Crippen molar-refractivity contribution in [3.05, 3.63) is 95.8 Å². The summed E-state index contributed by atoms with van der Waals surface area (Å²) in [5.74, 6) is -9.97. The number of ether oxygens (including phenoxy) is 3. The summed E-state index contributed by atoms with van der Waals surface area (Å²) >= 11 is 0. The molecule has 38 heavy (non-hydrogen) atoms. The van der Waals surface area contributed by atoms with Crippen LogP contribution in [0, 0.1) is 29.1 Å². The van der Waals surface area contributed by atoms with Crippen LogP contribution in [0.15, 0.2) is 66.7 Å². The highest BCUT2D eigenvalue weighted by molar-refractivity contribution is 7.80. The number of methoxy groups -OCH3 is 3. The Bertz CT molecular complexity index is 1520. The van der Waals surface area contributed by atoms with Crippen molar-refractivity contribution in [2.75, 3.05) is 26.4 Å². The Morgan fingerprint density at radius 3 is 1.74 bits per heavy atom. The number of anilines is 1. The van der Waals surface area contributed by atoms with Gasteiger partial charge in [0.25, 0.3) is 0 Å².